The molecule has 1 aliphatic rings. The van der Waals surface area contributed by atoms with Gasteiger partial charge in [-0.2, -0.15) is 5.26 Å². The molecule has 2 aromatic heterocycles. The van der Waals surface area contributed by atoms with Crippen molar-refractivity contribution in [1.82, 2.24) is 14.5 Å². The Morgan fingerprint density at radius 2 is 2.25 bits per heavy atom. The third-order valence-corrected chi connectivity index (χ3v) is 4.70. The van der Waals surface area contributed by atoms with Crippen LogP contribution in [0.2, 0.25) is 0 Å². The number of aromatic nitrogens is 2. The predicted octanol–water partition coefficient (Wildman–Crippen LogP) is 1.68. The van der Waals surface area contributed by atoms with Crippen LogP contribution in [-0.2, 0) is 6.54 Å². The van der Waals surface area contributed by atoms with Crippen LogP contribution in [0.25, 0.3) is 10.9 Å². The highest BCUT2D eigenvalue weighted by molar-refractivity contribution is 5.78. The molecule has 0 aromatic carbocycles. The van der Waals surface area contributed by atoms with Crippen molar-refractivity contribution in [1.29, 1.82) is 5.26 Å². The summed E-state index contributed by atoms with van der Waals surface area (Å²) in [6.07, 6.45) is 5.18. The van der Waals surface area contributed by atoms with Gasteiger partial charge < -0.3 is 14.5 Å². The Morgan fingerprint density at radius 3 is 3.00 bits per heavy atom. The van der Waals surface area contributed by atoms with Gasteiger partial charge in [-0.1, -0.05) is 6.92 Å². The molecule has 0 aliphatic carbocycles. The van der Waals surface area contributed by atoms with Crippen LogP contribution < -0.4 is 11.1 Å². The topological polar surface area (TPSA) is 81.9 Å². The molecule has 1 unspecified atom stereocenters. The maximum Gasteiger partial charge on any atom is 0.266 e. The SMILES string of the molecule is CCCN1CCCC(Cn2ccc3[nH]c(=O)c(C#N)cc3c2=O)C1. The Morgan fingerprint density at radius 1 is 1.42 bits per heavy atom. The van der Waals surface area contributed by atoms with Gasteiger partial charge in [-0.05, 0) is 50.4 Å². The Bertz CT molecular complexity index is 888. The Balaban J connectivity index is 1.89. The quantitative estimate of drug-likeness (QED) is 0.927. The van der Waals surface area contributed by atoms with Gasteiger partial charge in [-0.15, -0.1) is 0 Å². The van der Waals surface area contributed by atoms with Gasteiger partial charge in [0.15, 0.2) is 0 Å². The predicted molar refractivity (Wildman–Crippen MR) is 93.0 cm³/mol. The fraction of sp³-hybridized carbons (Fsp3) is 0.500. The summed E-state index contributed by atoms with van der Waals surface area (Å²) in [5.74, 6) is 0.457. The molecule has 0 bridgehead atoms. The van der Waals surface area contributed by atoms with Crippen molar-refractivity contribution in [2.45, 2.75) is 32.7 Å². The van der Waals surface area contributed by atoms with Crippen LogP contribution in [0.15, 0.2) is 27.9 Å². The first-order valence-electron chi connectivity index (χ1n) is 8.51. The van der Waals surface area contributed by atoms with Gasteiger partial charge in [0.05, 0.1) is 10.9 Å². The maximum atomic E-state index is 12.7. The molecule has 0 spiro atoms. The number of nitrogens with one attached hydrogen (secondary N) is 1. The third kappa shape index (κ3) is 3.26. The zero-order valence-corrected chi connectivity index (χ0v) is 13.9. The molecular weight excluding hydrogens is 304 g/mol. The number of nitriles is 1. The lowest BCUT2D eigenvalue weighted by atomic mass is 9.97. The van der Waals surface area contributed by atoms with Gasteiger partial charge in [0.25, 0.3) is 11.1 Å². The van der Waals surface area contributed by atoms with Crippen LogP contribution >= 0.6 is 0 Å². The van der Waals surface area contributed by atoms with Gasteiger partial charge in [-0.25, -0.2) is 0 Å². The van der Waals surface area contributed by atoms with E-state index in [2.05, 4.69) is 16.8 Å². The minimum Gasteiger partial charge on any atom is -0.321 e. The summed E-state index contributed by atoms with van der Waals surface area (Å²) in [5.41, 5.74) is -0.141. The second-order valence-corrected chi connectivity index (χ2v) is 6.53. The van der Waals surface area contributed by atoms with Crippen LogP contribution in [0, 0.1) is 17.2 Å². The third-order valence-electron chi connectivity index (χ3n) is 4.70. The molecule has 126 valence electrons. The van der Waals surface area contributed by atoms with Crippen LogP contribution in [0.5, 0.6) is 0 Å². The summed E-state index contributed by atoms with van der Waals surface area (Å²) in [4.78, 5) is 29.5. The van der Waals surface area contributed by atoms with Crippen molar-refractivity contribution < 1.29 is 0 Å². The number of aromatic amines is 1. The lowest BCUT2D eigenvalue weighted by Gasteiger charge is -2.32. The minimum atomic E-state index is -0.454. The summed E-state index contributed by atoms with van der Waals surface area (Å²) in [6, 6.07) is 4.98. The molecule has 1 aliphatic heterocycles. The van der Waals surface area contributed by atoms with Crippen molar-refractivity contribution in [2.24, 2.45) is 5.92 Å². The molecule has 0 radical (unpaired) electrons. The number of rotatable bonds is 4. The van der Waals surface area contributed by atoms with Crippen molar-refractivity contribution in [2.75, 3.05) is 19.6 Å². The van der Waals surface area contributed by atoms with Crippen molar-refractivity contribution in [3.63, 3.8) is 0 Å². The number of hydrogen-bond donors (Lipinski definition) is 1. The average Bonchev–Trinajstić information content (AvgIpc) is 2.58. The van der Waals surface area contributed by atoms with Crippen molar-refractivity contribution >= 4 is 10.9 Å². The summed E-state index contributed by atoms with van der Waals surface area (Å²) in [5, 5.41) is 9.39. The van der Waals surface area contributed by atoms with Gasteiger partial charge in [-0.3, -0.25) is 9.59 Å². The number of hydrogen-bond acceptors (Lipinski definition) is 4. The van der Waals surface area contributed by atoms with E-state index >= 15 is 0 Å². The molecule has 3 heterocycles. The second kappa shape index (κ2) is 7.02. The molecule has 6 nitrogen and oxygen atoms in total. The second-order valence-electron chi connectivity index (χ2n) is 6.53. The lowest BCUT2D eigenvalue weighted by Crippen LogP contribution is -2.38. The summed E-state index contributed by atoms with van der Waals surface area (Å²) >= 11 is 0. The fourth-order valence-corrected chi connectivity index (χ4v) is 3.56. The molecule has 3 rings (SSSR count). The number of likely N-dealkylation sites (tertiary alicyclic amines) is 1. The molecule has 0 amide bonds. The van der Waals surface area contributed by atoms with Crippen LogP contribution in [0.1, 0.15) is 31.7 Å². The number of piperidine rings is 1. The Kier molecular flexibility index (Phi) is 4.81. The number of fused-ring (bicyclic) bond motifs is 1. The van der Waals surface area contributed by atoms with E-state index in [-0.39, 0.29) is 11.1 Å². The molecular formula is C18H22N4O2. The summed E-state index contributed by atoms with van der Waals surface area (Å²) < 4.78 is 1.71. The highest BCUT2D eigenvalue weighted by atomic mass is 16.1. The van der Waals surface area contributed by atoms with Crippen LogP contribution in [-0.4, -0.2) is 34.1 Å². The molecule has 6 heteroatoms. The molecule has 0 saturated carbocycles. The Labute approximate surface area is 140 Å². The molecule has 2 aromatic rings. The van der Waals surface area contributed by atoms with Crippen molar-refractivity contribution in [3.05, 3.63) is 44.6 Å². The molecule has 1 N–H and O–H groups in total. The lowest BCUT2D eigenvalue weighted by molar-refractivity contribution is 0.162. The van der Waals surface area contributed by atoms with Gasteiger partial charge >= 0.3 is 0 Å². The normalized spacial score (nSPS) is 18.6. The minimum absolute atomic E-state index is 0.0239. The van der Waals surface area contributed by atoms with E-state index in [1.54, 1.807) is 16.8 Å². The fourth-order valence-electron chi connectivity index (χ4n) is 3.56. The average molecular weight is 326 g/mol. The first-order valence-corrected chi connectivity index (χ1v) is 8.51. The van der Waals surface area contributed by atoms with Crippen LogP contribution in [0.4, 0.5) is 0 Å². The van der Waals surface area contributed by atoms with Crippen molar-refractivity contribution in [3.8, 4) is 6.07 Å². The van der Waals surface area contributed by atoms with Gasteiger partial charge in [0.1, 0.15) is 11.6 Å². The smallest absolute Gasteiger partial charge is 0.266 e. The standard InChI is InChI=1S/C18H22N4O2/c1-2-6-21-7-3-4-13(11-21)12-22-8-5-16-15(18(22)24)9-14(10-19)17(23)20-16/h5,8-9,13H,2-4,6-7,11-12H2,1H3,(H,20,23). The van der Waals surface area contributed by atoms with Gasteiger partial charge in [0, 0.05) is 19.3 Å². The summed E-state index contributed by atoms with van der Waals surface area (Å²) in [6.45, 7) is 6.13. The Hall–Kier alpha value is -2.39. The van der Waals surface area contributed by atoms with E-state index in [0.29, 0.717) is 23.4 Å². The zero-order valence-electron chi connectivity index (χ0n) is 13.9. The number of nitrogens with zero attached hydrogens (tertiary/aromatic N) is 3. The molecule has 24 heavy (non-hydrogen) atoms. The highest BCUT2D eigenvalue weighted by Crippen LogP contribution is 2.18. The van der Waals surface area contributed by atoms with Gasteiger partial charge in [0.2, 0.25) is 0 Å². The van der Waals surface area contributed by atoms with E-state index in [0.717, 1.165) is 32.5 Å². The molecule has 1 saturated heterocycles. The molecule has 1 fully saturated rings. The first kappa shape index (κ1) is 16.5. The van der Waals surface area contributed by atoms with Crippen LogP contribution in [0.3, 0.4) is 0 Å². The monoisotopic (exact) mass is 326 g/mol. The largest absolute Gasteiger partial charge is 0.321 e. The highest BCUT2D eigenvalue weighted by Gasteiger charge is 2.20. The maximum absolute atomic E-state index is 12.7. The van der Waals surface area contributed by atoms with E-state index < -0.39 is 5.56 Å². The van der Waals surface area contributed by atoms with E-state index in [9.17, 15) is 9.59 Å². The zero-order chi connectivity index (χ0) is 17.1. The molecule has 1 atom stereocenters. The van der Waals surface area contributed by atoms with E-state index in [1.165, 1.54) is 12.5 Å². The number of pyridine rings is 2. The van der Waals surface area contributed by atoms with E-state index in [1.807, 2.05) is 6.07 Å². The summed E-state index contributed by atoms with van der Waals surface area (Å²) in [7, 11) is 0. The van der Waals surface area contributed by atoms with E-state index in [4.69, 9.17) is 5.26 Å². The first-order chi connectivity index (χ1) is 11.6. The number of H-pyrrole nitrogens is 1.